The molecule has 1 aliphatic heterocycles. The molecule has 3 rings (SSSR count). The van der Waals surface area contributed by atoms with E-state index in [1.165, 1.54) is 6.42 Å². The van der Waals surface area contributed by atoms with Gasteiger partial charge in [0.2, 0.25) is 5.91 Å². The van der Waals surface area contributed by atoms with Crippen molar-refractivity contribution in [2.45, 2.75) is 25.3 Å². The molecule has 136 valence electrons. The number of hydrogen-bond donors (Lipinski definition) is 2. The highest BCUT2D eigenvalue weighted by atomic mass is 16.2. The van der Waals surface area contributed by atoms with E-state index in [1.807, 2.05) is 47.4 Å². The van der Waals surface area contributed by atoms with Crippen LogP contribution in [0.4, 0.5) is 5.69 Å². The molecule has 2 N–H and O–H groups in total. The molecule has 1 fully saturated rings. The van der Waals surface area contributed by atoms with Crippen LogP contribution in [0.25, 0.3) is 0 Å². The van der Waals surface area contributed by atoms with Gasteiger partial charge in [-0.1, -0.05) is 36.4 Å². The minimum absolute atomic E-state index is 0.0845. The fraction of sp³-hybridized carbons (Fsp3) is 0.333. The highest BCUT2D eigenvalue weighted by Gasteiger charge is 2.27. The number of carbonyl (C=O) groups excluding carboxylic acids is 2. The Morgan fingerprint density at radius 2 is 1.69 bits per heavy atom. The van der Waals surface area contributed by atoms with Crippen molar-refractivity contribution in [2.75, 3.05) is 25.5 Å². The third kappa shape index (κ3) is 4.23. The fourth-order valence-corrected chi connectivity index (χ4v) is 3.29. The SMILES string of the molecule is CNC(=O)c1cccc(N[C@H](C(=O)N2CCCCC2)c2ccccc2)c1. The van der Waals surface area contributed by atoms with Crippen LogP contribution in [0.3, 0.4) is 0 Å². The molecule has 1 heterocycles. The second-order valence-electron chi connectivity index (χ2n) is 6.53. The lowest BCUT2D eigenvalue weighted by atomic mass is 10.0. The van der Waals surface area contributed by atoms with Gasteiger partial charge in [-0.2, -0.15) is 0 Å². The van der Waals surface area contributed by atoms with Crippen LogP contribution in [0.15, 0.2) is 54.6 Å². The molecular weight excluding hydrogens is 326 g/mol. The summed E-state index contributed by atoms with van der Waals surface area (Å²) in [4.78, 5) is 27.0. The maximum Gasteiger partial charge on any atom is 0.251 e. The Bertz CT molecular complexity index is 755. The largest absolute Gasteiger partial charge is 0.370 e. The molecule has 0 aliphatic carbocycles. The van der Waals surface area contributed by atoms with Crippen molar-refractivity contribution in [2.24, 2.45) is 0 Å². The Kier molecular flexibility index (Phi) is 5.89. The van der Waals surface area contributed by atoms with Gasteiger partial charge in [-0.25, -0.2) is 0 Å². The Balaban J connectivity index is 1.86. The molecule has 0 saturated carbocycles. The molecule has 0 radical (unpaired) electrons. The highest BCUT2D eigenvalue weighted by Crippen LogP contribution is 2.24. The van der Waals surface area contributed by atoms with Gasteiger partial charge in [0, 0.05) is 31.4 Å². The smallest absolute Gasteiger partial charge is 0.251 e. The zero-order chi connectivity index (χ0) is 18.4. The van der Waals surface area contributed by atoms with Gasteiger partial charge in [0.1, 0.15) is 6.04 Å². The van der Waals surface area contributed by atoms with Gasteiger partial charge in [0.05, 0.1) is 0 Å². The first-order valence-electron chi connectivity index (χ1n) is 9.11. The van der Waals surface area contributed by atoms with Crippen LogP contribution in [-0.2, 0) is 4.79 Å². The van der Waals surface area contributed by atoms with Crippen LogP contribution in [-0.4, -0.2) is 36.9 Å². The van der Waals surface area contributed by atoms with E-state index in [0.717, 1.165) is 37.2 Å². The van der Waals surface area contributed by atoms with Crippen molar-refractivity contribution in [1.29, 1.82) is 0 Å². The number of anilines is 1. The van der Waals surface area contributed by atoms with Crippen molar-refractivity contribution in [3.63, 3.8) is 0 Å². The number of piperidine rings is 1. The summed E-state index contributed by atoms with van der Waals surface area (Å²) in [6.07, 6.45) is 3.29. The Morgan fingerprint density at radius 3 is 2.38 bits per heavy atom. The second-order valence-corrected chi connectivity index (χ2v) is 6.53. The molecule has 0 unspecified atom stereocenters. The number of rotatable bonds is 5. The summed E-state index contributed by atoms with van der Waals surface area (Å²) in [5, 5.41) is 5.97. The van der Waals surface area contributed by atoms with E-state index in [9.17, 15) is 9.59 Å². The van der Waals surface area contributed by atoms with Gasteiger partial charge in [0.15, 0.2) is 0 Å². The van der Waals surface area contributed by atoms with E-state index in [-0.39, 0.29) is 11.8 Å². The Morgan fingerprint density at radius 1 is 0.962 bits per heavy atom. The third-order valence-electron chi connectivity index (χ3n) is 4.71. The summed E-state index contributed by atoms with van der Waals surface area (Å²) < 4.78 is 0. The van der Waals surface area contributed by atoms with Crippen molar-refractivity contribution in [1.82, 2.24) is 10.2 Å². The average Bonchev–Trinajstić information content (AvgIpc) is 2.72. The lowest BCUT2D eigenvalue weighted by molar-refractivity contribution is -0.133. The van der Waals surface area contributed by atoms with Crippen LogP contribution in [0.5, 0.6) is 0 Å². The van der Waals surface area contributed by atoms with Gasteiger partial charge in [-0.15, -0.1) is 0 Å². The number of carbonyl (C=O) groups is 2. The zero-order valence-electron chi connectivity index (χ0n) is 15.1. The van der Waals surface area contributed by atoms with Gasteiger partial charge in [0.25, 0.3) is 5.91 Å². The summed E-state index contributed by atoms with van der Waals surface area (Å²) in [5.41, 5.74) is 2.24. The summed E-state index contributed by atoms with van der Waals surface area (Å²) >= 11 is 0. The van der Waals surface area contributed by atoms with Crippen LogP contribution >= 0.6 is 0 Å². The molecule has 2 aromatic carbocycles. The molecule has 5 nitrogen and oxygen atoms in total. The molecule has 2 aromatic rings. The maximum absolute atomic E-state index is 13.2. The molecule has 1 aliphatic rings. The van der Waals surface area contributed by atoms with E-state index >= 15 is 0 Å². The van der Waals surface area contributed by atoms with E-state index in [0.29, 0.717) is 5.56 Å². The van der Waals surface area contributed by atoms with E-state index in [4.69, 9.17) is 0 Å². The fourth-order valence-electron chi connectivity index (χ4n) is 3.29. The number of amides is 2. The molecule has 0 bridgehead atoms. The summed E-state index contributed by atoms with van der Waals surface area (Å²) in [6.45, 7) is 1.62. The highest BCUT2D eigenvalue weighted by molar-refractivity contribution is 5.95. The lowest BCUT2D eigenvalue weighted by Crippen LogP contribution is -2.41. The predicted octanol–water partition coefficient (Wildman–Crippen LogP) is 3.21. The topological polar surface area (TPSA) is 61.4 Å². The van der Waals surface area contributed by atoms with Crippen molar-refractivity contribution in [3.05, 3.63) is 65.7 Å². The van der Waals surface area contributed by atoms with Crippen molar-refractivity contribution in [3.8, 4) is 0 Å². The first kappa shape index (κ1) is 18.0. The molecule has 0 spiro atoms. The van der Waals surface area contributed by atoms with Gasteiger partial charge >= 0.3 is 0 Å². The first-order valence-corrected chi connectivity index (χ1v) is 9.11. The molecule has 2 amide bonds. The number of hydrogen-bond acceptors (Lipinski definition) is 3. The molecule has 5 heteroatoms. The standard InChI is InChI=1S/C21H25N3O2/c1-22-20(25)17-11-8-12-18(15-17)23-19(16-9-4-2-5-10-16)21(26)24-13-6-3-7-14-24/h2,4-5,8-12,15,19,23H,3,6-7,13-14H2,1H3,(H,22,25)/t19-/m0/s1. The molecule has 1 saturated heterocycles. The van der Waals surface area contributed by atoms with E-state index in [2.05, 4.69) is 10.6 Å². The van der Waals surface area contributed by atoms with Gasteiger partial charge in [-0.05, 0) is 43.0 Å². The minimum Gasteiger partial charge on any atom is -0.370 e. The third-order valence-corrected chi connectivity index (χ3v) is 4.71. The van der Waals surface area contributed by atoms with Crippen LogP contribution in [0, 0.1) is 0 Å². The number of nitrogens with zero attached hydrogens (tertiary/aromatic N) is 1. The second kappa shape index (κ2) is 8.52. The zero-order valence-corrected chi connectivity index (χ0v) is 15.1. The monoisotopic (exact) mass is 351 g/mol. The normalized spacial score (nSPS) is 15.2. The van der Waals surface area contributed by atoms with Crippen LogP contribution < -0.4 is 10.6 Å². The number of nitrogens with one attached hydrogen (secondary N) is 2. The van der Waals surface area contributed by atoms with Crippen LogP contribution in [0.2, 0.25) is 0 Å². The summed E-state index contributed by atoms with van der Waals surface area (Å²) in [5.74, 6) is -0.0616. The molecular formula is C21H25N3O2. The number of likely N-dealkylation sites (tertiary alicyclic amines) is 1. The molecule has 0 aromatic heterocycles. The van der Waals surface area contributed by atoms with Gasteiger partial charge in [-0.3, -0.25) is 9.59 Å². The average molecular weight is 351 g/mol. The summed E-state index contributed by atoms with van der Waals surface area (Å²) in [7, 11) is 1.61. The van der Waals surface area contributed by atoms with Gasteiger partial charge < -0.3 is 15.5 Å². The maximum atomic E-state index is 13.2. The van der Waals surface area contributed by atoms with E-state index in [1.54, 1.807) is 19.2 Å². The Labute approximate surface area is 154 Å². The van der Waals surface area contributed by atoms with E-state index < -0.39 is 6.04 Å². The quantitative estimate of drug-likeness (QED) is 0.869. The van der Waals surface area contributed by atoms with Crippen molar-refractivity contribution >= 4 is 17.5 Å². The lowest BCUT2D eigenvalue weighted by Gasteiger charge is -2.31. The van der Waals surface area contributed by atoms with Crippen LogP contribution in [0.1, 0.15) is 41.2 Å². The van der Waals surface area contributed by atoms with Crippen molar-refractivity contribution < 1.29 is 9.59 Å². The minimum atomic E-state index is -0.464. The first-order chi connectivity index (χ1) is 12.7. The molecule has 1 atom stereocenters. The summed E-state index contributed by atoms with van der Waals surface area (Å²) in [6, 6.07) is 16.5. The predicted molar refractivity (Wildman–Crippen MR) is 103 cm³/mol. The number of benzene rings is 2. The Hall–Kier alpha value is -2.82. The molecule has 26 heavy (non-hydrogen) atoms.